The quantitative estimate of drug-likeness (QED) is 0.0591. The highest BCUT2D eigenvalue weighted by atomic mass is 14.4. The minimum atomic E-state index is 0.643. The molecule has 2 atom stereocenters. The first-order valence-corrected chi connectivity index (χ1v) is 22.2. The van der Waals surface area contributed by atoms with Gasteiger partial charge in [0.15, 0.2) is 0 Å². The van der Waals surface area contributed by atoms with Gasteiger partial charge in [-0.3, -0.25) is 0 Å². The molecule has 0 fully saturated rings. The lowest BCUT2D eigenvalue weighted by Gasteiger charge is -2.43. The highest BCUT2D eigenvalue weighted by Crippen LogP contribution is 2.48. The third-order valence-electron chi connectivity index (χ3n) is 11.5. The Hall–Kier alpha value is 0. The van der Waals surface area contributed by atoms with Gasteiger partial charge < -0.3 is 0 Å². The van der Waals surface area contributed by atoms with Crippen LogP contribution in [0.2, 0.25) is 0 Å². The molecule has 0 aliphatic rings. The van der Waals surface area contributed by atoms with Gasteiger partial charge in [-0.1, -0.05) is 247 Å². The summed E-state index contributed by atoms with van der Waals surface area (Å²) in [4.78, 5) is 0. The maximum Gasteiger partial charge on any atom is -0.0269 e. The zero-order valence-electron chi connectivity index (χ0n) is 32.9. The van der Waals surface area contributed by atoms with Crippen LogP contribution in [0.1, 0.15) is 279 Å². The molecule has 0 nitrogen and oxygen atoms in total. The molecule has 0 N–H and O–H groups in total. The van der Waals surface area contributed by atoms with E-state index in [1.54, 1.807) is 32.1 Å². The smallest absolute Gasteiger partial charge is 0.0269 e. The number of unbranched alkanes of at least 4 members (excludes halogenated alkanes) is 28. The van der Waals surface area contributed by atoms with Gasteiger partial charge in [-0.05, 0) is 43.4 Å². The van der Waals surface area contributed by atoms with Crippen LogP contribution in [0.5, 0.6) is 0 Å². The van der Waals surface area contributed by atoms with Crippen molar-refractivity contribution in [2.24, 2.45) is 11.3 Å². The summed E-state index contributed by atoms with van der Waals surface area (Å²) >= 11 is 0. The first-order chi connectivity index (χ1) is 22.2. The van der Waals surface area contributed by atoms with E-state index in [1.807, 2.05) is 0 Å². The maximum absolute atomic E-state index is 2.42. The van der Waals surface area contributed by atoms with Crippen molar-refractivity contribution in [2.45, 2.75) is 279 Å². The predicted octanol–water partition coefficient (Wildman–Crippen LogP) is 17.5. The Kier molecular flexibility index (Phi) is 36.8. The zero-order chi connectivity index (χ0) is 32.9. The van der Waals surface area contributed by atoms with Gasteiger partial charge in [0, 0.05) is 0 Å². The minimum Gasteiger partial charge on any atom is -0.0654 e. The number of hydrogen-bond donors (Lipinski definition) is 0. The SMILES string of the molecule is CCCCCCCCCCCC(CCCCC)(CCCCCCCCCC)C(CCCCCCCC)CCCCCCCCC. The third kappa shape index (κ3) is 28.7. The molecule has 0 rings (SSSR count). The van der Waals surface area contributed by atoms with E-state index < -0.39 is 0 Å². The molecule has 0 saturated heterocycles. The molecule has 0 saturated carbocycles. The van der Waals surface area contributed by atoms with Crippen LogP contribution < -0.4 is 0 Å². The van der Waals surface area contributed by atoms with E-state index in [0.29, 0.717) is 5.41 Å². The molecule has 0 heterocycles. The van der Waals surface area contributed by atoms with Crippen LogP contribution >= 0.6 is 0 Å². The fraction of sp³-hybridized carbons (Fsp3) is 1.00. The van der Waals surface area contributed by atoms with Crippen LogP contribution in [0.3, 0.4) is 0 Å². The average molecular weight is 633 g/mol. The van der Waals surface area contributed by atoms with E-state index in [4.69, 9.17) is 0 Å². The van der Waals surface area contributed by atoms with Gasteiger partial charge >= 0.3 is 0 Å². The van der Waals surface area contributed by atoms with Gasteiger partial charge in [0.05, 0.1) is 0 Å². The summed E-state index contributed by atoms with van der Waals surface area (Å²) < 4.78 is 0. The molecule has 0 radical (unpaired) electrons. The van der Waals surface area contributed by atoms with Crippen LogP contribution in [-0.2, 0) is 0 Å². The van der Waals surface area contributed by atoms with Gasteiger partial charge in [0.1, 0.15) is 0 Å². The highest BCUT2D eigenvalue weighted by molar-refractivity contribution is 4.87. The van der Waals surface area contributed by atoms with Crippen molar-refractivity contribution < 1.29 is 0 Å². The van der Waals surface area contributed by atoms with Crippen molar-refractivity contribution in [3.8, 4) is 0 Å². The Morgan fingerprint density at radius 2 is 0.444 bits per heavy atom. The van der Waals surface area contributed by atoms with Gasteiger partial charge in [-0.15, -0.1) is 0 Å². The Bertz CT molecular complexity index is 522. The fourth-order valence-corrected chi connectivity index (χ4v) is 8.39. The first-order valence-electron chi connectivity index (χ1n) is 22.2. The van der Waals surface area contributed by atoms with Crippen molar-refractivity contribution >= 4 is 0 Å². The van der Waals surface area contributed by atoms with E-state index in [1.165, 1.54) is 212 Å². The van der Waals surface area contributed by atoms with Gasteiger partial charge in [0.2, 0.25) is 0 Å². The summed E-state index contributed by atoms with van der Waals surface area (Å²) in [5.41, 5.74) is 0.643. The minimum absolute atomic E-state index is 0.643. The molecular weight excluding hydrogens is 540 g/mol. The lowest BCUT2D eigenvalue weighted by Crippen LogP contribution is -2.31. The lowest BCUT2D eigenvalue weighted by molar-refractivity contribution is 0.0815. The standard InChI is InChI=1S/C45H92/c1-6-11-16-20-24-26-29-33-38-43-45(41-36-15-10-5,42-37-32-28-25-21-17-12-7-2)44(39-34-30-23-19-14-9-4)40-35-31-27-22-18-13-8-3/h44H,6-43H2,1-5H3. The first kappa shape index (κ1) is 45.0. The highest BCUT2D eigenvalue weighted by Gasteiger charge is 2.36. The Morgan fingerprint density at radius 3 is 0.733 bits per heavy atom. The summed E-state index contributed by atoms with van der Waals surface area (Å²) in [5, 5.41) is 0. The molecular formula is C45H92. The van der Waals surface area contributed by atoms with Crippen LogP contribution in [0.4, 0.5) is 0 Å². The Labute approximate surface area is 289 Å². The second-order valence-corrected chi connectivity index (χ2v) is 15.8. The summed E-state index contributed by atoms with van der Waals surface area (Å²) in [6.45, 7) is 11.8. The molecule has 0 aromatic carbocycles. The monoisotopic (exact) mass is 633 g/mol. The maximum atomic E-state index is 2.42. The summed E-state index contributed by atoms with van der Waals surface area (Å²) in [6.07, 6.45) is 56.1. The topological polar surface area (TPSA) is 0 Å². The molecule has 0 heteroatoms. The van der Waals surface area contributed by atoms with Crippen molar-refractivity contribution in [3.05, 3.63) is 0 Å². The third-order valence-corrected chi connectivity index (χ3v) is 11.5. The molecule has 0 aliphatic heterocycles. The molecule has 0 amide bonds. The summed E-state index contributed by atoms with van der Waals surface area (Å²) in [6, 6.07) is 0. The number of rotatable bonds is 39. The van der Waals surface area contributed by atoms with Gasteiger partial charge in [0.25, 0.3) is 0 Å². The molecule has 0 aromatic heterocycles. The van der Waals surface area contributed by atoms with E-state index in [9.17, 15) is 0 Å². The average Bonchev–Trinajstić information content (AvgIpc) is 3.05. The van der Waals surface area contributed by atoms with Crippen LogP contribution in [-0.4, -0.2) is 0 Å². The Morgan fingerprint density at radius 1 is 0.244 bits per heavy atom. The van der Waals surface area contributed by atoms with Crippen LogP contribution in [0, 0.1) is 11.3 Å². The van der Waals surface area contributed by atoms with Crippen molar-refractivity contribution in [1.29, 1.82) is 0 Å². The van der Waals surface area contributed by atoms with Gasteiger partial charge in [-0.25, -0.2) is 0 Å². The van der Waals surface area contributed by atoms with Crippen LogP contribution in [0.15, 0.2) is 0 Å². The summed E-state index contributed by atoms with van der Waals surface area (Å²) in [7, 11) is 0. The van der Waals surface area contributed by atoms with E-state index in [2.05, 4.69) is 34.6 Å². The largest absolute Gasteiger partial charge is 0.0654 e. The molecule has 272 valence electrons. The van der Waals surface area contributed by atoms with Crippen molar-refractivity contribution in [1.82, 2.24) is 0 Å². The normalized spacial score (nSPS) is 13.8. The van der Waals surface area contributed by atoms with E-state index in [0.717, 1.165) is 5.92 Å². The van der Waals surface area contributed by atoms with Gasteiger partial charge in [-0.2, -0.15) is 0 Å². The fourth-order valence-electron chi connectivity index (χ4n) is 8.39. The summed E-state index contributed by atoms with van der Waals surface area (Å²) in [5.74, 6) is 0.995. The molecule has 0 aromatic rings. The molecule has 45 heavy (non-hydrogen) atoms. The predicted molar refractivity (Wildman–Crippen MR) is 210 cm³/mol. The molecule has 0 spiro atoms. The molecule has 0 bridgehead atoms. The lowest BCUT2D eigenvalue weighted by atomic mass is 9.62. The zero-order valence-corrected chi connectivity index (χ0v) is 32.9. The Balaban J connectivity index is 5.46. The van der Waals surface area contributed by atoms with E-state index in [-0.39, 0.29) is 0 Å². The molecule has 2 unspecified atom stereocenters. The van der Waals surface area contributed by atoms with Crippen LogP contribution in [0.25, 0.3) is 0 Å². The second kappa shape index (κ2) is 36.8. The van der Waals surface area contributed by atoms with Crippen molar-refractivity contribution in [3.63, 3.8) is 0 Å². The number of hydrogen-bond acceptors (Lipinski definition) is 0. The molecule has 0 aliphatic carbocycles. The van der Waals surface area contributed by atoms with E-state index >= 15 is 0 Å². The van der Waals surface area contributed by atoms with Crippen molar-refractivity contribution in [2.75, 3.05) is 0 Å². The second-order valence-electron chi connectivity index (χ2n) is 15.8.